The van der Waals surface area contributed by atoms with Gasteiger partial charge in [0.05, 0.1) is 6.61 Å². The van der Waals surface area contributed by atoms with Gasteiger partial charge in [0.2, 0.25) is 0 Å². The highest BCUT2D eigenvalue weighted by Crippen LogP contribution is 2.18. The summed E-state index contributed by atoms with van der Waals surface area (Å²) in [6, 6.07) is 6.74. The molecule has 0 fully saturated rings. The quantitative estimate of drug-likeness (QED) is 0.588. The van der Waals surface area contributed by atoms with Gasteiger partial charge in [-0.15, -0.1) is 0 Å². The summed E-state index contributed by atoms with van der Waals surface area (Å²) in [4.78, 5) is 10.9. The summed E-state index contributed by atoms with van der Waals surface area (Å²) >= 11 is 3.38. The molecule has 0 heterocycles. The molecule has 17 heavy (non-hydrogen) atoms. The van der Waals surface area contributed by atoms with Crippen molar-refractivity contribution < 1.29 is 14.6 Å². The number of rotatable bonds is 8. The van der Waals surface area contributed by atoms with E-state index in [4.69, 9.17) is 9.84 Å². The van der Waals surface area contributed by atoms with E-state index in [0.29, 0.717) is 12.4 Å². The number of carbonyl (C=O) groups is 1. The van der Waals surface area contributed by atoms with Crippen molar-refractivity contribution in [3.05, 3.63) is 29.8 Å². The molecule has 94 valence electrons. The first-order chi connectivity index (χ1) is 8.25. The van der Waals surface area contributed by atoms with Crippen LogP contribution < -0.4 is 4.74 Å². The number of unbranched alkanes of at least 4 members (excludes halogenated alkanes) is 3. The molecule has 0 amide bonds. The molecular weight excluding hydrogens is 284 g/mol. The van der Waals surface area contributed by atoms with Crippen LogP contribution in [0.15, 0.2) is 24.3 Å². The molecule has 0 aliphatic rings. The molecule has 0 spiro atoms. The molecule has 1 aromatic carbocycles. The molecule has 0 atom stereocenters. The molecule has 1 rings (SSSR count). The number of halogens is 1. The van der Waals surface area contributed by atoms with Crippen LogP contribution in [0.1, 0.15) is 36.0 Å². The van der Waals surface area contributed by atoms with Crippen LogP contribution in [0, 0.1) is 0 Å². The zero-order valence-electron chi connectivity index (χ0n) is 9.69. The lowest BCUT2D eigenvalue weighted by atomic mass is 10.2. The number of carboxylic acid groups (broad SMARTS) is 1. The van der Waals surface area contributed by atoms with Crippen molar-refractivity contribution in [2.75, 3.05) is 11.9 Å². The van der Waals surface area contributed by atoms with Crippen molar-refractivity contribution in [1.29, 1.82) is 0 Å². The monoisotopic (exact) mass is 300 g/mol. The van der Waals surface area contributed by atoms with Gasteiger partial charge in [0.25, 0.3) is 0 Å². The molecular formula is C13H17BrO3. The van der Waals surface area contributed by atoms with E-state index in [1.807, 2.05) is 0 Å². The van der Waals surface area contributed by atoms with Crippen molar-refractivity contribution >= 4 is 21.9 Å². The van der Waals surface area contributed by atoms with E-state index < -0.39 is 5.97 Å². The highest BCUT2D eigenvalue weighted by molar-refractivity contribution is 9.09. The third-order valence-electron chi connectivity index (χ3n) is 2.40. The van der Waals surface area contributed by atoms with Gasteiger partial charge < -0.3 is 9.84 Å². The lowest BCUT2D eigenvalue weighted by Crippen LogP contribution is -2.04. The van der Waals surface area contributed by atoms with Crippen LogP contribution in [0.5, 0.6) is 5.75 Å². The molecule has 0 bridgehead atoms. The Morgan fingerprint density at radius 2 is 1.88 bits per heavy atom. The molecule has 1 aromatic rings. The Bertz CT molecular complexity index is 352. The number of benzene rings is 1. The van der Waals surface area contributed by atoms with E-state index in [0.717, 1.165) is 18.2 Å². The lowest BCUT2D eigenvalue weighted by Gasteiger charge is -2.08. The topological polar surface area (TPSA) is 46.5 Å². The fourth-order valence-electron chi connectivity index (χ4n) is 1.50. The number of para-hydroxylation sites is 1. The van der Waals surface area contributed by atoms with Crippen LogP contribution in [-0.4, -0.2) is 23.0 Å². The Hall–Kier alpha value is -1.03. The molecule has 0 aliphatic heterocycles. The standard InChI is InChI=1S/C13H17BrO3/c14-9-5-1-2-6-10-17-12-8-4-3-7-11(12)13(15)16/h3-4,7-8H,1-2,5-6,9-10H2,(H,15,16). The molecule has 1 N–H and O–H groups in total. The Morgan fingerprint density at radius 1 is 1.18 bits per heavy atom. The summed E-state index contributed by atoms with van der Waals surface area (Å²) < 4.78 is 5.49. The van der Waals surface area contributed by atoms with Crippen molar-refractivity contribution in [3.63, 3.8) is 0 Å². The molecule has 3 nitrogen and oxygen atoms in total. The van der Waals surface area contributed by atoms with Crippen molar-refractivity contribution in [3.8, 4) is 5.75 Å². The molecule has 0 saturated carbocycles. The van der Waals surface area contributed by atoms with Crippen LogP contribution in [0.2, 0.25) is 0 Å². The predicted molar refractivity (Wildman–Crippen MR) is 71.2 cm³/mol. The number of carboxylic acids is 1. The number of hydrogen-bond acceptors (Lipinski definition) is 2. The first-order valence-corrected chi connectivity index (χ1v) is 6.89. The highest BCUT2D eigenvalue weighted by atomic mass is 79.9. The lowest BCUT2D eigenvalue weighted by molar-refractivity contribution is 0.0692. The maximum Gasteiger partial charge on any atom is 0.339 e. The predicted octanol–water partition coefficient (Wildman–Crippen LogP) is 3.72. The van der Waals surface area contributed by atoms with Crippen LogP contribution >= 0.6 is 15.9 Å². The Balaban J connectivity index is 2.34. The van der Waals surface area contributed by atoms with Crippen molar-refractivity contribution in [2.45, 2.75) is 25.7 Å². The molecule has 4 heteroatoms. The van der Waals surface area contributed by atoms with E-state index in [-0.39, 0.29) is 5.56 Å². The summed E-state index contributed by atoms with van der Waals surface area (Å²) in [5.41, 5.74) is 0.230. The average Bonchev–Trinajstić information content (AvgIpc) is 2.34. The molecule has 0 aliphatic carbocycles. The first-order valence-electron chi connectivity index (χ1n) is 5.77. The van der Waals surface area contributed by atoms with Crippen molar-refractivity contribution in [2.24, 2.45) is 0 Å². The normalized spacial score (nSPS) is 10.2. The third-order valence-corrected chi connectivity index (χ3v) is 2.96. The fraction of sp³-hybridized carbons (Fsp3) is 0.462. The van der Waals surface area contributed by atoms with Gasteiger partial charge in [-0.2, -0.15) is 0 Å². The number of ether oxygens (including phenoxy) is 1. The van der Waals surface area contributed by atoms with E-state index >= 15 is 0 Å². The second-order valence-corrected chi connectivity index (χ2v) is 4.55. The average molecular weight is 301 g/mol. The van der Waals surface area contributed by atoms with Gasteiger partial charge in [0.15, 0.2) is 0 Å². The fourth-order valence-corrected chi connectivity index (χ4v) is 1.90. The Kier molecular flexibility index (Phi) is 6.70. The summed E-state index contributed by atoms with van der Waals surface area (Å²) in [7, 11) is 0. The van der Waals surface area contributed by atoms with Gasteiger partial charge in [-0.05, 0) is 25.0 Å². The Labute approximate surface area is 110 Å². The van der Waals surface area contributed by atoms with Gasteiger partial charge in [-0.1, -0.05) is 40.9 Å². The summed E-state index contributed by atoms with van der Waals surface area (Å²) in [5.74, 6) is -0.486. The highest BCUT2D eigenvalue weighted by Gasteiger charge is 2.09. The van der Waals surface area contributed by atoms with Gasteiger partial charge in [0, 0.05) is 5.33 Å². The minimum atomic E-state index is -0.945. The molecule has 0 saturated heterocycles. The van der Waals surface area contributed by atoms with Crippen molar-refractivity contribution in [1.82, 2.24) is 0 Å². The second-order valence-electron chi connectivity index (χ2n) is 3.75. The summed E-state index contributed by atoms with van der Waals surface area (Å²) in [5, 5.41) is 9.99. The first kappa shape index (κ1) is 14.0. The van der Waals surface area contributed by atoms with E-state index in [1.54, 1.807) is 24.3 Å². The molecule has 0 unspecified atom stereocenters. The van der Waals surface area contributed by atoms with Gasteiger partial charge in [-0.3, -0.25) is 0 Å². The van der Waals surface area contributed by atoms with Crippen LogP contribution in [-0.2, 0) is 0 Å². The van der Waals surface area contributed by atoms with E-state index in [2.05, 4.69) is 15.9 Å². The van der Waals surface area contributed by atoms with E-state index in [9.17, 15) is 4.79 Å². The summed E-state index contributed by atoms with van der Waals surface area (Å²) in [6.07, 6.45) is 4.42. The van der Waals surface area contributed by atoms with Gasteiger partial charge in [0.1, 0.15) is 11.3 Å². The summed E-state index contributed by atoms with van der Waals surface area (Å²) in [6.45, 7) is 0.576. The van der Waals surface area contributed by atoms with Crippen LogP contribution in [0.3, 0.4) is 0 Å². The number of hydrogen-bond donors (Lipinski definition) is 1. The van der Waals surface area contributed by atoms with Crippen LogP contribution in [0.25, 0.3) is 0 Å². The molecule has 0 radical (unpaired) electrons. The Morgan fingerprint density at radius 3 is 2.59 bits per heavy atom. The SMILES string of the molecule is O=C(O)c1ccccc1OCCCCCCBr. The molecule has 0 aromatic heterocycles. The zero-order chi connectivity index (χ0) is 12.5. The van der Waals surface area contributed by atoms with Gasteiger partial charge in [-0.25, -0.2) is 4.79 Å². The maximum atomic E-state index is 10.9. The minimum absolute atomic E-state index is 0.230. The zero-order valence-corrected chi connectivity index (χ0v) is 11.3. The van der Waals surface area contributed by atoms with Gasteiger partial charge >= 0.3 is 5.97 Å². The van der Waals surface area contributed by atoms with Crippen LogP contribution in [0.4, 0.5) is 0 Å². The smallest absolute Gasteiger partial charge is 0.339 e. The largest absolute Gasteiger partial charge is 0.493 e. The van der Waals surface area contributed by atoms with E-state index in [1.165, 1.54) is 12.8 Å². The maximum absolute atomic E-state index is 10.9. The number of alkyl halides is 1. The minimum Gasteiger partial charge on any atom is -0.493 e. The third kappa shape index (κ3) is 5.22. The second kappa shape index (κ2) is 8.12. The number of aromatic carboxylic acids is 1.